The molecule has 2 N–H and O–H groups in total. The first-order valence-electron chi connectivity index (χ1n) is 10.1. The Morgan fingerprint density at radius 2 is 2.00 bits per heavy atom. The molecular formula is C21H27N5O2S. The minimum Gasteiger partial charge on any atom is -0.369 e. The predicted molar refractivity (Wildman–Crippen MR) is 112 cm³/mol. The molecule has 29 heavy (non-hydrogen) atoms. The van der Waals surface area contributed by atoms with Crippen LogP contribution in [0, 0.1) is 12.8 Å². The number of nitrogens with two attached hydrogens (primary N) is 1. The molecule has 4 rings (SSSR count). The van der Waals surface area contributed by atoms with Crippen molar-refractivity contribution in [2.45, 2.75) is 31.6 Å². The average Bonchev–Trinajstić information content (AvgIpc) is 3.38. The van der Waals surface area contributed by atoms with Gasteiger partial charge in [0.25, 0.3) is 0 Å². The van der Waals surface area contributed by atoms with Crippen molar-refractivity contribution in [3.8, 4) is 0 Å². The van der Waals surface area contributed by atoms with E-state index in [9.17, 15) is 9.59 Å². The van der Waals surface area contributed by atoms with E-state index in [1.165, 1.54) is 22.7 Å². The highest BCUT2D eigenvalue weighted by molar-refractivity contribution is 7.03. The number of nitrogens with zero attached hydrogens (tertiary/aromatic N) is 4. The van der Waals surface area contributed by atoms with E-state index in [0.29, 0.717) is 19.6 Å². The second-order valence-electron chi connectivity index (χ2n) is 8.17. The number of hydrogen-bond donors (Lipinski definition) is 1. The zero-order chi connectivity index (χ0) is 20.4. The molecule has 0 aliphatic carbocycles. The maximum atomic E-state index is 12.9. The molecule has 2 fully saturated rings. The van der Waals surface area contributed by atoms with Crippen LogP contribution in [-0.4, -0.2) is 63.9 Å². The Morgan fingerprint density at radius 3 is 2.72 bits per heavy atom. The van der Waals surface area contributed by atoms with Crippen LogP contribution in [0.2, 0.25) is 0 Å². The number of aryl methyl sites for hydroxylation is 1. The van der Waals surface area contributed by atoms with Gasteiger partial charge in [-0.2, -0.15) is 0 Å². The maximum Gasteiger partial charge on any atom is 0.236 e. The van der Waals surface area contributed by atoms with Gasteiger partial charge in [0.15, 0.2) is 0 Å². The van der Waals surface area contributed by atoms with E-state index >= 15 is 0 Å². The maximum absolute atomic E-state index is 12.9. The normalized spacial score (nSPS) is 25.3. The number of carbonyl (C=O) groups excluding carboxylic acids is 2. The van der Waals surface area contributed by atoms with Crippen LogP contribution < -0.4 is 5.73 Å². The number of primary amides is 1. The summed E-state index contributed by atoms with van der Waals surface area (Å²) >= 11 is 1.37. The molecule has 0 spiro atoms. The van der Waals surface area contributed by atoms with Crippen LogP contribution in [0.5, 0.6) is 0 Å². The number of amides is 2. The average molecular weight is 414 g/mol. The van der Waals surface area contributed by atoms with Gasteiger partial charge in [0.05, 0.1) is 18.2 Å². The topological polar surface area (TPSA) is 92.4 Å². The molecular weight excluding hydrogens is 386 g/mol. The fourth-order valence-electron chi connectivity index (χ4n) is 4.69. The van der Waals surface area contributed by atoms with Crippen LogP contribution in [0.15, 0.2) is 29.6 Å². The molecule has 3 atom stereocenters. The Morgan fingerprint density at radius 1 is 1.21 bits per heavy atom. The number of carbonyl (C=O) groups is 2. The van der Waals surface area contributed by atoms with Gasteiger partial charge in [-0.1, -0.05) is 28.8 Å². The number of rotatable bonds is 5. The summed E-state index contributed by atoms with van der Waals surface area (Å²) in [7, 11) is 0. The van der Waals surface area contributed by atoms with Gasteiger partial charge < -0.3 is 10.6 Å². The van der Waals surface area contributed by atoms with E-state index in [1.807, 2.05) is 5.38 Å². The summed E-state index contributed by atoms with van der Waals surface area (Å²) in [5.41, 5.74) is 9.04. The van der Waals surface area contributed by atoms with Gasteiger partial charge >= 0.3 is 0 Å². The minimum absolute atomic E-state index is 0.0801. The van der Waals surface area contributed by atoms with Gasteiger partial charge in [-0.3, -0.25) is 14.5 Å². The van der Waals surface area contributed by atoms with Crippen molar-refractivity contribution in [1.29, 1.82) is 0 Å². The van der Waals surface area contributed by atoms with Gasteiger partial charge in [-0.15, -0.1) is 5.10 Å². The van der Waals surface area contributed by atoms with Crippen LogP contribution in [0.4, 0.5) is 0 Å². The first kappa shape index (κ1) is 20.0. The molecule has 2 aliphatic rings. The van der Waals surface area contributed by atoms with Crippen molar-refractivity contribution in [3.63, 3.8) is 0 Å². The molecule has 154 valence electrons. The van der Waals surface area contributed by atoms with Crippen molar-refractivity contribution in [2.24, 2.45) is 11.7 Å². The molecule has 2 saturated heterocycles. The van der Waals surface area contributed by atoms with Crippen molar-refractivity contribution >= 4 is 23.3 Å². The molecule has 0 radical (unpaired) electrons. The summed E-state index contributed by atoms with van der Waals surface area (Å²) in [5.74, 6) is 0.0609. The monoisotopic (exact) mass is 413 g/mol. The Balaban J connectivity index is 1.48. The summed E-state index contributed by atoms with van der Waals surface area (Å²) in [4.78, 5) is 28.5. The molecule has 1 aromatic heterocycles. The zero-order valence-corrected chi connectivity index (χ0v) is 17.5. The smallest absolute Gasteiger partial charge is 0.236 e. The van der Waals surface area contributed by atoms with Gasteiger partial charge in [0, 0.05) is 43.4 Å². The van der Waals surface area contributed by atoms with E-state index in [4.69, 9.17) is 5.73 Å². The van der Waals surface area contributed by atoms with Gasteiger partial charge in [0.2, 0.25) is 11.8 Å². The number of benzene rings is 1. The highest BCUT2D eigenvalue weighted by Gasteiger charge is 2.38. The third-order valence-corrected chi connectivity index (χ3v) is 6.80. The third-order valence-electron chi connectivity index (χ3n) is 6.28. The van der Waals surface area contributed by atoms with Gasteiger partial charge in [-0.05, 0) is 42.4 Å². The second kappa shape index (κ2) is 8.59. The summed E-state index contributed by atoms with van der Waals surface area (Å²) in [6.07, 6.45) is 1.61. The van der Waals surface area contributed by atoms with Crippen molar-refractivity contribution < 1.29 is 9.59 Å². The first-order chi connectivity index (χ1) is 14.0. The predicted octanol–water partition coefficient (Wildman–Crippen LogP) is 1.75. The molecule has 3 heterocycles. The Bertz CT molecular complexity index is 872. The summed E-state index contributed by atoms with van der Waals surface area (Å²) in [6, 6.07) is 8.45. The van der Waals surface area contributed by atoms with E-state index in [2.05, 4.69) is 45.7 Å². The SMILES string of the molecule is Cc1ccccc1[C@@H]1CN(CC(=O)N2CCC[C@H](C(N)=O)C2)C[C@H]1c1csnn1. The van der Waals surface area contributed by atoms with Crippen molar-refractivity contribution in [1.82, 2.24) is 19.4 Å². The van der Waals surface area contributed by atoms with E-state index < -0.39 is 0 Å². The third kappa shape index (κ3) is 4.33. The Kier molecular flexibility index (Phi) is 5.91. The van der Waals surface area contributed by atoms with Crippen molar-refractivity contribution in [2.75, 3.05) is 32.7 Å². The highest BCUT2D eigenvalue weighted by atomic mass is 32.1. The van der Waals surface area contributed by atoms with Crippen LogP contribution >= 0.6 is 11.5 Å². The fraction of sp³-hybridized carbons (Fsp3) is 0.524. The minimum atomic E-state index is -0.306. The van der Waals surface area contributed by atoms with Gasteiger partial charge in [0.1, 0.15) is 0 Å². The molecule has 7 nitrogen and oxygen atoms in total. The molecule has 0 unspecified atom stereocenters. The summed E-state index contributed by atoms with van der Waals surface area (Å²) in [5, 5.41) is 6.35. The van der Waals surface area contributed by atoms with Crippen molar-refractivity contribution in [3.05, 3.63) is 46.5 Å². The van der Waals surface area contributed by atoms with Crippen LogP contribution in [0.3, 0.4) is 0 Å². The second-order valence-corrected chi connectivity index (χ2v) is 8.78. The van der Waals surface area contributed by atoms with E-state index in [1.54, 1.807) is 4.90 Å². The van der Waals surface area contributed by atoms with E-state index in [-0.39, 0.29) is 29.6 Å². The van der Waals surface area contributed by atoms with Gasteiger partial charge in [-0.25, -0.2) is 0 Å². The quantitative estimate of drug-likeness (QED) is 0.806. The standard InChI is InChI=1S/C21H27N5O2S/c1-14-5-2-3-7-16(14)17-10-25(11-18(17)19-13-29-24-23-19)12-20(27)26-8-4-6-15(9-26)21(22)28/h2-3,5,7,13,15,17-18H,4,6,8-12H2,1H3,(H2,22,28)/t15-,17-,18+/m0/s1. The molecule has 1 aromatic carbocycles. The lowest BCUT2D eigenvalue weighted by Gasteiger charge is -2.32. The number of piperidine rings is 1. The van der Waals surface area contributed by atoms with Crippen LogP contribution in [0.25, 0.3) is 0 Å². The highest BCUT2D eigenvalue weighted by Crippen LogP contribution is 2.40. The lowest BCUT2D eigenvalue weighted by atomic mass is 9.85. The number of aromatic nitrogens is 2. The molecule has 2 aliphatic heterocycles. The Labute approximate surface area is 175 Å². The first-order valence-corrected chi connectivity index (χ1v) is 11.0. The fourth-order valence-corrected chi connectivity index (χ4v) is 5.21. The Hall–Kier alpha value is -2.32. The molecule has 8 heteroatoms. The molecule has 0 bridgehead atoms. The largest absolute Gasteiger partial charge is 0.369 e. The lowest BCUT2D eigenvalue weighted by molar-refractivity contribution is -0.135. The zero-order valence-electron chi connectivity index (χ0n) is 16.7. The van der Waals surface area contributed by atoms with E-state index in [0.717, 1.165) is 31.6 Å². The molecule has 2 amide bonds. The number of hydrogen-bond acceptors (Lipinski definition) is 6. The summed E-state index contributed by atoms with van der Waals surface area (Å²) < 4.78 is 4.06. The van der Waals surface area contributed by atoms with Crippen LogP contribution in [0.1, 0.15) is 41.5 Å². The molecule has 0 saturated carbocycles. The lowest BCUT2D eigenvalue weighted by Crippen LogP contribution is -2.47. The van der Waals surface area contributed by atoms with Crippen LogP contribution in [-0.2, 0) is 9.59 Å². The number of likely N-dealkylation sites (tertiary alicyclic amines) is 2. The summed E-state index contributed by atoms with van der Waals surface area (Å²) in [6.45, 7) is 5.24. The molecule has 2 aromatic rings.